The molecule has 1 fully saturated rings. The SMILES string of the molecule is Cl.O=C(c1cn(Cc2cccs2)nn1)N1CCNCC1. The molecule has 2 aromatic heterocycles. The number of hydrogen-bond acceptors (Lipinski definition) is 5. The van der Waals surface area contributed by atoms with Crippen LogP contribution in [0.25, 0.3) is 0 Å². The Morgan fingerprint density at radius 1 is 1.40 bits per heavy atom. The monoisotopic (exact) mass is 313 g/mol. The molecule has 0 unspecified atom stereocenters. The van der Waals surface area contributed by atoms with Crippen LogP contribution < -0.4 is 5.32 Å². The molecular weight excluding hydrogens is 298 g/mol. The number of carbonyl (C=O) groups excluding carboxylic acids is 1. The smallest absolute Gasteiger partial charge is 0.276 e. The minimum absolute atomic E-state index is 0. The first-order valence-electron chi connectivity index (χ1n) is 6.25. The van der Waals surface area contributed by atoms with E-state index >= 15 is 0 Å². The van der Waals surface area contributed by atoms with E-state index in [0.717, 1.165) is 26.2 Å². The number of thiophene rings is 1. The Morgan fingerprint density at radius 3 is 2.90 bits per heavy atom. The van der Waals surface area contributed by atoms with Gasteiger partial charge in [0, 0.05) is 31.1 Å². The van der Waals surface area contributed by atoms with E-state index in [1.807, 2.05) is 22.4 Å². The van der Waals surface area contributed by atoms with Crippen LogP contribution in [-0.4, -0.2) is 52.0 Å². The number of piperazine rings is 1. The molecule has 0 aromatic carbocycles. The molecular formula is C12H16ClN5OS. The topological polar surface area (TPSA) is 63.1 Å². The zero-order valence-electron chi connectivity index (χ0n) is 10.9. The van der Waals surface area contributed by atoms with Crippen LogP contribution in [0.2, 0.25) is 0 Å². The van der Waals surface area contributed by atoms with Gasteiger partial charge in [0.25, 0.3) is 5.91 Å². The van der Waals surface area contributed by atoms with Gasteiger partial charge in [-0.05, 0) is 11.4 Å². The molecule has 0 radical (unpaired) electrons. The summed E-state index contributed by atoms with van der Waals surface area (Å²) in [7, 11) is 0. The average Bonchev–Trinajstić information content (AvgIpc) is 3.11. The molecule has 1 saturated heterocycles. The molecule has 1 amide bonds. The number of nitrogens with zero attached hydrogens (tertiary/aromatic N) is 4. The fourth-order valence-corrected chi connectivity index (χ4v) is 2.76. The summed E-state index contributed by atoms with van der Waals surface area (Å²) in [6.45, 7) is 3.82. The number of amides is 1. The lowest BCUT2D eigenvalue weighted by molar-refractivity contribution is 0.0729. The van der Waals surface area contributed by atoms with Crippen molar-refractivity contribution in [2.75, 3.05) is 26.2 Å². The molecule has 0 atom stereocenters. The first-order chi connectivity index (χ1) is 9.33. The van der Waals surface area contributed by atoms with Gasteiger partial charge in [0.2, 0.25) is 0 Å². The second-order valence-electron chi connectivity index (χ2n) is 4.42. The second-order valence-corrected chi connectivity index (χ2v) is 5.46. The number of nitrogens with one attached hydrogen (secondary N) is 1. The summed E-state index contributed by atoms with van der Waals surface area (Å²) in [5.74, 6) is -0.0288. The van der Waals surface area contributed by atoms with E-state index in [1.165, 1.54) is 4.88 Å². The predicted molar refractivity (Wildman–Crippen MR) is 79.5 cm³/mol. The van der Waals surface area contributed by atoms with Crippen LogP contribution in [0, 0.1) is 0 Å². The van der Waals surface area contributed by atoms with Crippen LogP contribution in [0.15, 0.2) is 23.7 Å². The zero-order valence-corrected chi connectivity index (χ0v) is 12.5. The van der Waals surface area contributed by atoms with Crippen LogP contribution >= 0.6 is 23.7 Å². The molecule has 0 bridgehead atoms. The molecule has 1 N–H and O–H groups in total. The maximum atomic E-state index is 12.2. The summed E-state index contributed by atoms with van der Waals surface area (Å²) in [5, 5.41) is 13.2. The molecule has 3 heterocycles. The number of halogens is 1. The molecule has 1 aliphatic rings. The van der Waals surface area contributed by atoms with E-state index < -0.39 is 0 Å². The molecule has 20 heavy (non-hydrogen) atoms. The summed E-state index contributed by atoms with van der Waals surface area (Å²) in [5.41, 5.74) is 0.429. The molecule has 0 spiro atoms. The van der Waals surface area contributed by atoms with Crippen LogP contribution in [0.5, 0.6) is 0 Å². The zero-order chi connectivity index (χ0) is 13.1. The van der Waals surface area contributed by atoms with Crippen molar-refractivity contribution in [2.24, 2.45) is 0 Å². The van der Waals surface area contributed by atoms with Gasteiger partial charge >= 0.3 is 0 Å². The van der Waals surface area contributed by atoms with Gasteiger partial charge in [0.1, 0.15) is 0 Å². The van der Waals surface area contributed by atoms with Crippen molar-refractivity contribution < 1.29 is 4.79 Å². The number of rotatable bonds is 3. The molecule has 1 aliphatic heterocycles. The Hall–Kier alpha value is -1.44. The fraction of sp³-hybridized carbons (Fsp3) is 0.417. The third-order valence-corrected chi connectivity index (χ3v) is 3.92. The highest BCUT2D eigenvalue weighted by Crippen LogP contribution is 2.10. The highest BCUT2D eigenvalue weighted by atomic mass is 35.5. The van der Waals surface area contributed by atoms with Crippen LogP contribution in [0.1, 0.15) is 15.4 Å². The first-order valence-corrected chi connectivity index (χ1v) is 7.13. The maximum Gasteiger partial charge on any atom is 0.276 e. The Morgan fingerprint density at radius 2 is 2.20 bits per heavy atom. The van der Waals surface area contributed by atoms with Crippen molar-refractivity contribution in [3.05, 3.63) is 34.3 Å². The summed E-state index contributed by atoms with van der Waals surface area (Å²) in [4.78, 5) is 15.2. The van der Waals surface area contributed by atoms with E-state index in [1.54, 1.807) is 22.2 Å². The number of hydrogen-bond donors (Lipinski definition) is 1. The minimum atomic E-state index is -0.0288. The first kappa shape index (κ1) is 15.0. The van der Waals surface area contributed by atoms with Gasteiger partial charge in [-0.1, -0.05) is 11.3 Å². The number of aromatic nitrogens is 3. The minimum Gasteiger partial charge on any atom is -0.335 e. The van der Waals surface area contributed by atoms with E-state index in [4.69, 9.17) is 0 Å². The second kappa shape index (κ2) is 6.83. The van der Waals surface area contributed by atoms with E-state index in [0.29, 0.717) is 12.2 Å². The summed E-state index contributed by atoms with van der Waals surface area (Å²) < 4.78 is 1.71. The highest BCUT2D eigenvalue weighted by molar-refractivity contribution is 7.09. The highest BCUT2D eigenvalue weighted by Gasteiger charge is 2.20. The maximum absolute atomic E-state index is 12.2. The van der Waals surface area contributed by atoms with Gasteiger partial charge in [-0.25, -0.2) is 4.68 Å². The predicted octanol–water partition coefficient (Wildman–Crippen LogP) is 0.855. The van der Waals surface area contributed by atoms with Crippen molar-refractivity contribution in [1.29, 1.82) is 0 Å². The third kappa shape index (κ3) is 3.36. The fourth-order valence-electron chi connectivity index (χ4n) is 2.07. The summed E-state index contributed by atoms with van der Waals surface area (Å²) in [6.07, 6.45) is 1.73. The lowest BCUT2D eigenvalue weighted by Crippen LogP contribution is -2.46. The van der Waals surface area contributed by atoms with Crippen LogP contribution in [-0.2, 0) is 6.54 Å². The van der Waals surface area contributed by atoms with E-state index in [9.17, 15) is 4.79 Å². The molecule has 8 heteroatoms. The Kier molecular flexibility index (Phi) is 5.11. The van der Waals surface area contributed by atoms with Crippen LogP contribution in [0.3, 0.4) is 0 Å². The van der Waals surface area contributed by atoms with Crippen molar-refractivity contribution in [3.8, 4) is 0 Å². The van der Waals surface area contributed by atoms with Gasteiger partial charge < -0.3 is 10.2 Å². The van der Waals surface area contributed by atoms with E-state index in [2.05, 4.69) is 15.6 Å². The quantitative estimate of drug-likeness (QED) is 0.913. The average molecular weight is 314 g/mol. The summed E-state index contributed by atoms with van der Waals surface area (Å²) in [6, 6.07) is 4.05. The van der Waals surface area contributed by atoms with Gasteiger partial charge in [-0.15, -0.1) is 28.8 Å². The Bertz CT molecular complexity index is 550. The van der Waals surface area contributed by atoms with Crippen molar-refractivity contribution in [2.45, 2.75) is 6.54 Å². The van der Waals surface area contributed by atoms with Crippen molar-refractivity contribution in [3.63, 3.8) is 0 Å². The standard InChI is InChI=1S/C12H15N5OS.ClH/c18-12(16-5-3-13-4-6-16)11-9-17(15-14-11)8-10-2-1-7-19-10;/h1-2,7,9,13H,3-6,8H2;1H. The lowest BCUT2D eigenvalue weighted by Gasteiger charge is -2.26. The van der Waals surface area contributed by atoms with Crippen molar-refractivity contribution >= 4 is 29.7 Å². The largest absolute Gasteiger partial charge is 0.335 e. The molecule has 6 nitrogen and oxygen atoms in total. The molecule has 0 aliphatic carbocycles. The Balaban J connectivity index is 0.00000147. The van der Waals surface area contributed by atoms with Gasteiger partial charge in [0.05, 0.1) is 12.7 Å². The molecule has 108 valence electrons. The molecule has 3 rings (SSSR count). The van der Waals surface area contributed by atoms with E-state index in [-0.39, 0.29) is 18.3 Å². The third-order valence-electron chi connectivity index (χ3n) is 3.06. The van der Waals surface area contributed by atoms with Gasteiger partial charge in [-0.3, -0.25) is 4.79 Å². The summed E-state index contributed by atoms with van der Waals surface area (Å²) >= 11 is 1.67. The number of carbonyl (C=O) groups is 1. The lowest BCUT2D eigenvalue weighted by atomic mass is 10.3. The van der Waals surface area contributed by atoms with Gasteiger partial charge in [-0.2, -0.15) is 0 Å². The molecule has 0 saturated carbocycles. The van der Waals surface area contributed by atoms with Gasteiger partial charge in [0.15, 0.2) is 5.69 Å². The van der Waals surface area contributed by atoms with Crippen molar-refractivity contribution in [1.82, 2.24) is 25.2 Å². The van der Waals surface area contributed by atoms with Crippen LogP contribution in [0.4, 0.5) is 0 Å². The Labute approximate surface area is 127 Å². The normalized spacial score (nSPS) is 14.9. The molecule has 2 aromatic rings.